The molecule has 0 saturated carbocycles. The molecule has 0 spiro atoms. The van der Waals surface area contributed by atoms with E-state index in [-0.39, 0.29) is 0 Å². The van der Waals surface area contributed by atoms with Crippen molar-refractivity contribution in [3.05, 3.63) is 251 Å². The molecule has 0 radical (unpaired) electrons. The first-order valence-electron chi connectivity index (χ1n) is 37.3. The van der Waals surface area contributed by atoms with Crippen molar-refractivity contribution in [1.82, 2.24) is 0 Å². The van der Waals surface area contributed by atoms with Gasteiger partial charge in [0.25, 0.3) is 0 Å². The lowest BCUT2D eigenvalue weighted by Crippen LogP contribution is -1.98. The number of rotatable bonds is 43. The summed E-state index contributed by atoms with van der Waals surface area (Å²) in [7, 11) is 0. The van der Waals surface area contributed by atoms with Gasteiger partial charge >= 0.3 is 0 Å². The molecule has 0 amide bonds. The summed E-state index contributed by atoms with van der Waals surface area (Å²) in [6, 6.07) is 51.3. The van der Waals surface area contributed by atoms with Crippen LogP contribution in [0.3, 0.4) is 0 Å². The van der Waals surface area contributed by atoms with Crippen LogP contribution >= 0.6 is 0 Å². The van der Waals surface area contributed by atoms with Crippen molar-refractivity contribution in [3.63, 3.8) is 0 Å². The Morgan fingerprint density at radius 2 is 0.387 bits per heavy atom. The Morgan fingerprint density at radius 1 is 0.215 bits per heavy atom. The lowest BCUT2D eigenvalue weighted by molar-refractivity contribution is 0.663. The van der Waals surface area contributed by atoms with Gasteiger partial charge in [-0.25, -0.2) is 0 Å². The highest BCUT2D eigenvalue weighted by atomic mass is 14.2. The van der Waals surface area contributed by atoms with Crippen LogP contribution in [0.25, 0.3) is 79.0 Å². The van der Waals surface area contributed by atoms with Crippen LogP contribution < -0.4 is 0 Å². The zero-order valence-electron chi connectivity index (χ0n) is 59.1. The maximum atomic E-state index is 3.96. The SMILES string of the molecule is C=Cc1ccc(/C=C/c2cc(CCCCCC)c(/C=C/c3ccc(/C=C/c4cc(CCCCCC)c(/C=C/c5ccc(/C=C/c6cc(CCCCCC)c(/C=C/c7ccc(C)cc7)cc6CCCCCC)cc5)cc4CCCCCC)cc3)cc2CCCCCC)cc1. The third-order valence-corrected chi connectivity index (χ3v) is 18.9. The van der Waals surface area contributed by atoms with Gasteiger partial charge in [0.05, 0.1) is 0 Å². The molecule has 0 aromatic heterocycles. The van der Waals surface area contributed by atoms with Crippen molar-refractivity contribution in [2.75, 3.05) is 0 Å². The lowest BCUT2D eigenvalue weighted by atomic mass is 9.91. The van der Waals surface area contributed by atoms with Crippen molar-refractivity contribution in [2.45, 2.75) is 241 Å². The van der Waals surface area contributed by atoms with Gasteiger partial charge in [0.15, 0.2) is 0 Å². The molecule has 0 aliphatic heterocycles. The maximum absolute atomic E-state index is 3.96. The summed E-state index contributed by atoms with van der Waals surface area (Å²) in [5, 5.41) is 0. The normalized spacial score (nSPS) is 12.0. The predicted octanol–water partition coefficient (Wildman–Crippen LogP) is 28.4. The topological polar surface area (TPSA) is 0 Å². The monoisotopic (exact) mass is 1230 g/mol. The van der Waals surface area contributed by atoms with Gasteiger partial charge in [-0.15, -0.1) is 0 Å². The summed E-state index contributed by atoms with van der Waals surface area (Å²) in [6.45, 7) is 20.0. The molecule has 0 nitrogen and oxygen atoms in total. The highest BCUT2D eigenvalue weighted by molar-refractivity contribution is 5.81. The molecule has 0 atom stereocenters. The van der Waals surface area contributed by atoms with E-state index in [0.717, 1.165) is 44.1 Å². The van der Waals surface area contributed by atoms with E-state index >= 15 is 0 Å². The first kappa shape index (κ1) is 73.1. The molecule has 0 fully saturated rings. The molecule has 7 rings (SSSR count). The van der Waals surface area contributed by atoms with E-state index in [1.165, 1.54) is 260 Å². The average molecular weight is 1240 g/mol. The molecule has 490 valence electrons. The molecular weight excluding hydrogens is 1120 g/mol. The van der Waals surface area contributed by atoms with Crippen LogP contribution in [0.15, 0.2) is 140 Å². The molecule has 0 heteroatoms. The Bertz CT molecular complexity index is 3450. The molecule has 0 saturated heterocycles. The van der Waals surface area contributed by atoms with E-state index in [0.29, 0.717) is 0 Å². The maximum Gasteiger partial charge on any atom is -0.0221 e. The van der Waals surface area contributed by atoms with Gasteiger partial charge in [0.1, 0.15) is 0 Å². The molecule has 0 aliphatic carbocycles. The van der Waals surface area contributed by atoms with Crippen LogP contribution in [0.5, 0.6) is 0 Å². The summed E-state index contributed by atoms with van der Waals surface area (Å²) >= 11 is 0. The van der Waals surface area contributed by atoms with Crippen molar-refractivity contribution in [3.8, 4) is 0 Å². The van der Waals surface area contributed by atoms with Gasteiger partial charge in [0.2, 0.25) is 0 Å². The third kappa shape index (κ3) is 26.2. The van der Waals surface area contributed by atoms with Gasteiger partial charge in [-0.3, -0.25) is 0 Å². The number of aryl methyl sites for hydroxylation is 7. The number of hydrogen-bond donors (Lipinski definition) is 0. The second kappa shape index (κ2) is 42.8. The van der Waals surface area contributed by atoms with Crippen molar-refractivity contribution < 1.29 is 0 Å². The van der Waals surface area contributed by atoms with E-state index in [1.54, 1.807) is 0 Å². The second-order valence-electron chi connectivity index (χ2n) is 26.7. The second-order valence-corrected chi connectivity index (χ2v) is 26.7. The van der Waals surface area contributed by atoms with Gasteiger partial charge in [0, 0.05) is 0 Å². The Balaban J connectivity index is 1.13. The minimum Gasteiger partial charge on any atom is -0.0985 e. The summed E-state index contributed by atoms with van der Waals surface area (Å²) in [5.41, 5.74) is 26.9. The molecule has 0 heterocycles. The fraction of sp³-hybridized carbons (Fsp3) is 0.398. The molecule has 7 aromatic rings. The molecule has 0 N–H and O–H groups in total. The standard InChI is InChI=1S/C93H118/c1-9-16-22-28-34-82-69-90(83(35-29-23-17-10-2)68-88(82)62-56-76-42-40-74(8)41-43-76)64-58-78-48-50-80(51-49-78)60-66-92-72-87(39-33-27-21-14-6)93(73-86(92)38-32-26-20-13-5)67-61-81-54-52-79(53-55-81)59-65-91-71-84(36-30-24-18-11-3)89(70-85(91)37-31-25-19-12-4)63-57-77-46-44-75(15-7)45-47-77/h15,40-73H,7,9-14,16-39H2,1-6,8H3/b62-56+,63-57+,64-58+,65-59+,66-60+,67-61+. The summed E-state index contributed by atoms with van der Waals surface area (Å²) in [4.78, 5) is 0. The lowest BCUT2D eigenvalue weighted by Gasteiger charge is -2.14. The Hall–Kier alpha value is -7.28. The number of benzene rings is 7. The highest BCUT2D eigenvalue weighted by Crippen LogP contribution is 2.31. The summed E-state index contributed by atoms with van der Waals surface area (Å²) in [5.74, 6) is 0. The van der Waals surface area contributed by atoms with Crippen LogP contribution in [0.2, 0.25) is 0 Å². The molecule has 93 heavy (non-hydrogen) atoms. The summed E-state index contributed by atoms with van der Waals surface area (Å²) < 4.78 is 0. The Kier molecular flexibility index (Phi) is 33.7. The van der Waals surface area contributed by atoms with Crippen LogP contribution in [-0.4, -0.2) is 0 Å². The molecule has 7 aromatic carbocycles. The Morgan fingerprint density at radius 3 is 0.559 bits per heavy atom. The fourth-order valence-corrected chi connectivity index (χ4v) is 12.8. The first-order chi connectivity index (χ1) is 45.7. The largest absolute Gasteiger partial charge is 0.0985 e. The zero-order valence-corrected chi connectivity index (χ0v) is 59.1. The van der Waals surface area contributed by atoms with E-state index in [4.69, 9.17) is 0 Å². The number of unbranched alkanes of at least 4 members (excludes halogenated alkanes) is 18. The highest BCUT2D eigenvalue weighted by Gasteiger charge is 2.13. The van der Waals surface area contributed by atoms with Crippen molar-refractivity contribution in [2.24, 2.45) is 0 Å². The van der Waals surface area contributed by atoms with E-state index in [9.17, 15) is 0 Å². The van der Waals surface area contributed by atoms with Crippen LogP contribution in [-0.2, 0) is 38.5 Å². The van der Waals surface area contributed by atoms with Crippen LogP contribution in [0.1, 0.15) is 307 Å². The van der Waals surface area contributed by atoms with Crippen LogP contribution in [0, 0.1) is 6.92 Å². The zero-order chi connectivity index (χ0) is 65.5. The van der Waals surface area contributed by atoms with E-state index in [1.807, 2.05) is 6.08 Å². The van der Waals surface area contributed by atoms with Gasteiger partial charge < -0.3 is 0 Å². The van der Waals surface area contributed by atoms with Crippen molar-refractivity contribution >= 4 is 79.0 Å². The minimum atomic E-state index is 1.09. The van der Waals surface area contributed by atoms with E-state index in [2.05, 4.69) is 261 Å². The van der Waals surface area contributed by atoms with Gasteiger partial charge in [-0.05, 0) is 190 Å². The molecular formula is C93H118. The molecule has 0 bridgehead atoms. The minimum absolute atomic E-state index is 1.09. The van der Waals surface area contributed by atoms with Gasteiger partial charge in [-0.1, -0.05) is 382 Å². The average Bonchev–Trinajstić information content (AvgIpc) is 1.58. The smallest absolute Gasteiger partial charge is 0.0221 e. The molecule has 0 aliphatic rings. The van der Waals surface area contributed by atoms with Crippen molar-refractivity contribution in [1.29, 1.82) is 0 Å². The van der Waals surface area contributed by atoms with E-state index < -0.39 is 0 Å². The third-order valence-electron chi connectivity index (χ3n) is 18.9. The van der Waals surface area contributed by atoms with Crippen LogP contribution in [0.4, 0.5) is 0 Å². The number of hydrogen-bond acceptors (Lipinski definition) is 0. The Labute approximate surface area is 568 Å². The quantitative estimate of drug-likeness (QED) is 0.0264. The predicted molar refractivity (Wildman–Crippen MR) is 421 cm³/mol. The first-order valence-corrected chi connectivity index (χ1v) is 37.3. The van der Waals surface area contributed by atoms with Gasteiger partial charge in [-0.2, -0.15) is 0 Å². The molecule has 0 unspecified atom stereocenters. The fourth-order valence-electron chi connectivity index (χ4n) is 12.8. The summed E-state index contributed by atoms with van der Waals surface area (Å²) in [6.07, 6.45) is 67.1.